The first-order chi connectivity index (χ1) is 16.1. The molecule has 34 heavy (non-hydrogen) atoms. The molecule has 0 aliphatic heterocycles. The molecule has 0 bridgehead atoms. The third-order valence-corrected chi connectivity index (χ3v) is 9.17. The van der Waals surface area contributed by atoms with Crippen molar-refractivity contribution in [2.75, 3.05) is 12.5 Å². The van der Waals surface area contributed by atoms with E-state index in [1.165, 1.54) is 12.5 Å². The largest absolute Gasteiger partial charge is 0.224 e. The molecule has 0 unspecified atom stereocenters. The van der Waals surface area contributed by atoms with Crippen molar-refractivity contribution >= 4 is 66.7 Å². The van der Waals surface area contributed by atoms with Gasteiger partial charge in [0.15, 0.2) is 19.7 Å². The van der Waals surface area contributed by atoms with Gasteiger partial charge < -0.3 is 0 Å². The zero-order valence-electron chi connectivity index (χ0n) is 18.5. The van der Waals surface area contributed by atoms with Crippen LogP contribution in [0.4, 0.5) is 0 Å². The Balaban J connectivity index is 1.56. The number of thiophene rings is 2. The Morgan fingerprint density at radius 1 is 0.529 bits per heavy atom. The maximum atomic E-state index is 11.7. The van der Waals surface area contributed by atoms with Crippen LogP contribution in [0.3, 0.4) is 0 Å². The molecule has 0 atom stereocenters. The maximum Gasteiger partial charge on any atom is 0.175 e. The molecule has 4 rings (SSSR count). The highest BCUT2D eigenvalue weighted by Gasteiger charge is 2.10. The van der Waals surface area contributed by atoms with Gasteiger partial charge in [0.25, 0.3) is 0 Å². The molecule has 0 spiro atoms. The van der Waals surface area contributed by atoms with Crippen molar-refractivity contribution in [3.05, 3.63) is 92.3 Å². The molecular weight excluding hydrogens is 505 g/mol. The maximum absolute atomic E-state index is 11.7. The van der Waals surface area contributed by atoms with Gasteiger partial charge in [-0.3, -0.25) is 0 Å². The van der Waals surface area contributed by atoms with Crippen LogP contribution in [0.1, 0.15) is 20.9 Å². The summed E-state index contributed by atoms with van der Waals surface area (Å²) >= 11 is 3.28. The van der Waals surface area contributed by atoms with E-state index in [0.29, 0.717) is 9.79 Å². The van der Waals surface area contributed by atoms with E-state index in [-0.39, 0.29) is 0 Å². The summed E-state index contributed by atoms with van der Waals surface area (Å²) in [6, 6.07) is 17.9. The summed E-state index contributed by atoms with van der Waals surface area (Å²) in [6.07, 6.45) is 10.5. The fraction of sp³-hybridized carbons (Fsp3) is 0.0769. The van der Waals surface area contributed by atoms with Crippen molar-refractivity contribution in [2.24, 2.45) is 0 Å². The topological polar surface area (TPSA) is 68.3 Å². The quantitative estimate of drug-likeness (QED) is 0.271. The van der Waals surface area contributed by atoms with Crippen LogP contribution in [0.2, 0.25) is 0 Å². The highest BCUT2D eigenvalue weighted by Crippen LogP contribution is 2.36. The molecule has 0 saturated carbocycles. The number of sulfone groups is 2. The first-order valence-corrected chi connectivity index (χ1v) is 15.8. The lowest BCUT2D eigenvalue weighted by atomic mass is 10.1. The molecule has 0 radical (unpaired) electrons. The minimum Gasteiger partial charge on any atom is -0.224 e. The monoisotopic (exact) mass is 526 g/mol. The molecule has 0 fully saturated rings. The molecule has 2 aromatic heterocycles. The molecule has 0 aliphatic rings. The fourth-order valence-electron chi connectivity index (χ4n) is 3.34. The number of benzene rings is 2. The number of hydrogen-bond donors (Lipinski definition) is 0. The predicted octanol–water partition coefficient (Wildman–Crippen LogP) is 6.62. The highest BCUT2D eigenvalue weighted by molar-refractivity contribution is 7.91. The van der Waals surface area contributed by atoms with Gasteiger partial charge >= 0.3 is 0 Å². The lowest BCUT2D eigenvalue weighted by molar-refractivity contribution is 0.600. The Bertz CT molecular complexity index is 1450. The smallest absolute Gasteiger partial charge is 0.175 e. The number of rotatable bonds is 7. The molecule has 0 saturated heterocycles. The van der Waals surface area contributed by atoms with E-state index < -0.39 is 19.7 Å². The van der Waals surface area contributed by atoms with Crippen LogP contribution in [0.5, 0.6) is 0 Å². The molecule has 0 N–H and O–H groups in total. The van der Waals surface area contributed by atoms with Crippen molar-refractivity contribution in [1.29, 1.82) is 0 Å². The average Bonchev–Trinajstić information content (AvgIpc) is 3.44. The van der Waals surface area contributed by atoms with Gasteiger partial charge in [-0.15, -0.1) is 22.7 Å². The molecule has 174 valence electrons. The van der Waals surface area contributed by atoms with Crippen LogP contribution in [0, 0.1) is 0 Å². The van der Waals surface area contributed by atoms with Crippen LogP contribution in [-0.4, -0.2) is 29.3 Å². The van der Waals surface area contributed by atoms with E-state index in [2.05, 4.69) is 22.9 Å². The van der Waals surface area contributed by atoms with Crippen LogP contribution < -0.4 is 0 Å². The van der Waals surface area contributed by atoms with E-state index in [0.717, 1.165) is 32.0 Å². The van der Waals surface area contributed by atoms with Gasteiger partial charge in [0.2, 0.25) is 0 Å². The lowest BCUT2D eigenvalue weighted by Crippen LogP contribution is -1.96. The van der Waals surface area contributed by atoms with E-state index in [1.807, 2.05) is 24.3 Å². The van der Waals surface area contributed by atoms with Gasteiger partial charge in [-0.05, 0) is 70.4 Å². The molecule has 2 heterocycles. The molecule has 2 aromatic carbocycles. The van der Waals surface area contributed by atoms with Crippen molar-refractivity contribution < 1.29 is 16.8 Å². The second-order valence-electron chi connectivity index (χ2n) is 7.75. The summed E-state index contributed by atoms with van der Waals surface area (Å²) in [5.41, 5.74) is 4.11. The normalized spacial score (nSPS) is 12.6. The van der Waals surface area contributed by atoms with Gasteiger partial charge in [-0.2, -0.15) is 0 Å². The van der Waals surface area contributed by atoms with E-state index >= 15 is 0 Å². The first kappa shape index (κ1) is 24.3. The van der Waals surface area contributed by atoms with Crippen molar-refractivity contribution in [1.82, 2.24) is 0 Å². The summed E-state index contributed by atoms with van der Waals surface area (Å²) in [4.78, 5) is 2.83. The molecule has 0 aliphatic carbocycles. The Morgan fingerprint density at radius 2 is 0.882 bits per heavy atom. The minimum atomic E-state index is -3.21. The summed E-state index contributed by atoms with van der Waals surface area (Å²) in [7, 11) is -6.41. The third kappa shape index (κ3) is 5.82. The van der Waals surface area contributed by atoms with Crippen LogP contribution in [0.25, 0.3) is 35.4 Å². The van der Waals surface area contributed by atoms with Crippen LogP contribution in [-0.2, 0) is 19.7 Å². The molecule has 4 aromatic rings. The molecule has 0 amide bonds. The zero-order valence-corrected chi connectivity index (χ0v) is 21.8. The van der Waals surface area contributed by atoms with Crippen molar-refractivity contribution in [3.63, 3.8) is 0 Å². The standard InChI is InChI=1S/C26H22O4S4/c1-33(27,28)21-9-3-19(4-10-21)7-13-25-23(15-17-31-25)24-16-18-32-26(24)14-8-20-5-11-22(12-6-20)34(2,29)30/h3-18H,1-2H3. The molecule has 4 nitrogen and oxygen atoms in total. The molecular formula is C26H22O4S4. The SMILES string of the molecule is CS(=O)(=O)c1ccc(C=Cc2sccc2-c2ccsc2C=Cc2ccc(S(C)(=O)=O)cc2)cc1. The van der Waals surface area contributed by atoms with Crippen LogP contribution in [0.15, 0.2) is 81.2 Å². The Labute approximate surface area is 208 Å². The summed E-state index contributed by atoms with van der Waals surface area (Å²) < 4.78 is 46.6. The van der Waals surface area contributed by atoms with Gasteiger partial charge in [0.05, 0.1) is 9.79 Å². The Morgan fingerprint density at radius 3 is 1.21 bits per heavy atom. The third-order valence-electron chi connectivity index (χ3n) is 5.15. The van der Waals surface area contributed by atoms with Crippen LogP contribution >= 0.6 is 22.7 Å². The molecule has 8 heteroatoms. The fourth-order valence-corrected chi connectivity index (χ4v) is 6.21. The highest BCUT2D eigenvalue weighted by atomic mass is 32.2. The summed E-state index contributed by atoms with van der Waals surface area (Å²) in [5, 5.41) is 4.10. The summed E-state index contributed by atoms with van der Waals surface area (Å²) in [5.74, 6) is 0. The van der Waals surface area contributed by atoms with E-state index in [1.54, 1.807) is 71.2 Å². The van der Waals surface area contributed by atoms with E-state index in [4.69, 9.17) is 0 Å². The van der Waals surface area contributed by atoms with E-state index in [9.17, 15) is 16.8 Å². The van der Waals surface area contributed by atoms with Gasteiger partial charge in [-0.1, -0.05) is 36.4 Å². The lowest BCUT2D eigenvalue weighted by Gasteiger charge is -2.02. The summed E-state index contributed by atoms with van der Waals surface area (Å²) in [6.45, 7) is 0. The number of hydrogen-bond acceptors (Lipinski definition) is 6. The van der Waals surface area contributed by atoms with Gasteiger partial charge in [0, 0.05) is 33.4 Å². The first-order valence-electron chi connectivity index (χ1n) is 10.2. The zero-order chi connectivity index (χ0) is 24.3. The minimum absolute atomic E-state index is 0.308. The second-order valence-corrected chi connectivity index (χ2v) is 13.7. The Kier molecular flexibility index (Phi) is 7.04. The van der Waals surface area contributed by atoms with Crippen molar-refractivity contribution in [2.45, 2.75) is 9.79 Å². The van der Waals surface area contributed by atoms with Crippen molar-refractivity contribution in [3.8, 4) is 11.1 Å². The second kappa shape index (κ2) is 9.84. The predicted molar refractivity (Wildman–Crippen MR) is 145 cm³/mol. The van der Waals surface area contributed by atoms with Gasteiger partial charge in [-0.25, -0.2) is 16.8 Å². The van der Waals surface area contributed by atoms with Gasteiger partial charge in [0.1, 0.15) is 0 Å². The average molecular weight is 527 g/mol. The Hall–Kier alpha value is -2.78.